The summed E-state index contributed by atoms with van der Waals surface area (Å²) in [6.45, 7) is 3.28. The van der Waals surface area contributed by atoms with Gasteiger partial charge in [-0.05, 0) is 37.7 Å². The van der Waals surface area contributed by atoms with Gasteiger partial charge in [0.2, 0.25) is 0 Å². The second-order valence-corrected chi connectivity index (χ2v) is 7.04. The van der Waals surface area contributed by atoms with Gasteiger partial charge in [-0.2, -0.15) is 0 Å². The minimum Gasteiger partial charge on any atom is -0.399 e. The first-order chi connectivity index (χ1) is 8.43. The lowest BCUT2D eigenvalue weighted by molar-refractivity contribution is 0.328. The fourth-order valence-corrected chi connectivity index (χ4v) is 2.57. The van der Waals surface area contributed by atoms with Crippen LogP contribution in [0.2, 0.25) is 0 Å². The Hall–Kier alpha value is -1.07. The molecule has 0 spiro atoms. The van der Waals surface area contributed by atoms with Gasteiger partial charge in [0.05, 0.1) is 5.75 Å². The number of sulfone groups is 1. The van der Waals surface area contributed by atoms with Crippen molar-refractivity contribution in [2.45, 2.75) is 19.9 Å². The summed E-state index contributed by atoms with van der Waals surface area (Å²) in [5.74, 6) is 0.504. The predicted octanol–water partition coefficient (Wildman–Crippen LogP) is 1.53. The van der Waals surface area contributed by atoms with Gasteiger partial charge in [-0.25, -0.2) is 8.42 Å². The Balaban J connectivity index is 2.34. The van der Waals surface area contributed by atoms with E-state index in [1.807, 2.05) is 31.3 Å². The molecule has 4 nitrogen and oxygen atoms in total. The third-order valence-corrected chi connectivity index (χ3v) is 4.66. The summed E-state index contributed by atoms with van der Waals surface area (Å²) >= 11 is 0. The Morgan fingerprint density at radius 1 is 1.22 bits per heavy atom. The highest BCUT2D eigenvalue weighted by molar-refractivity contribution is 7.91. The molecule has 0 saturated heterocycles. The summed E-state index contributed by atoms with van der Waals surface area (Å²) in [5, 5.41) is 0. The predicted molar refractivity (Wildman–Crippen MR) is 76.1 cm³/mol. The molecule has 1 aromatic rings. The summed E-state index contributed by atoms with van der Waals surface area (Å²) < 4.78 is 22.7. The summed E-state index contributed by atoms with van der Waals surface area (Å²) in [6.07, 6.45) is 0.682. The minimum atomic E-state index is -2.84. The number of rotatable bonds is 7. The van der Waals surface area contributed by atoms with E-state index in [4.69, 9.17) is 5.73 Å². The highest BCUT2D eigenvalue weighted by Crippen LogP contribution is 2.08. The van der Waals surface area contributed by atoms with Gasteiger partial charge < -0.3 is 10.6 Å². The van der Waals surface area contributed by atoms with E-state index in [1.54, 1.807) is 6.92 Å². The van der Waals surface area contributed by atoms with Crippen LogP contribution in [0.1, 0.15) is 18.9 Å². The molecular formula is C13H22N2O2S. The van der Waals surface area contributed by atoms with Gasteiger partial charge in [0.15, 0.2) is 0 Å². The van der Waals surface area contributed by atoms with Crippen LogP contribution in [0.4, 0.5) is 5.69 Å². The maximum Gasteiger partial charge on any atom is 0.150 e. The molecule has 0 saturated carbocycles. The molecule has 1 rings (SSSR count). The van der Waals surface area contributed by atoms with E-state index >= 15 is 0 Å². The molecule has 0 amide bonds. The quantitative estimate of drug-likeness (QED) is 0.763. The van der Waals surface area contributed by atoms with Crippen LogP contribution in [0.5, 0.6) is 0 Å². The number of benzene rings is 1. The maximum atomic E-state index is 11.3. The average Bonchev–Trinajstić information content (AvgIpc) is 2.32. The lowest BCUT2D eigenvalue weighted by Gasteiger charge is -2.16. The van der Waals surface area contributed by atoms with Crippen molar-refractivity contribution >= 4 is 15.5 Å². The van der Waals surface area contributed by atoms with E-state index < -0.39 is 9.84 Å². The molecule has 0 unspecified atom stereocenters. The Morgan fingerprint density at radius 2 is 1.83 bits per heavy atom. The van der Waals surface area contributed by atoms with Crippen LogP contribution in [0.25, 0.3) is 0 Å². The van der Waals surface area contributed by atoms with E-state index in [0.29, 0.717) is 6.42 Å². The van der Waals surface area contributed by atoms with Crippen molar-refractivity contribution in [3.63, 3.8) is 0 Å². The first-order valence-electron chi connectivity index (χ1n) is 6.16. The highest BCUT2D eigenvalue weighted by Gasteiger charge is 2.08. The fraction of sp³-hybridized carbons (Fsp3) is 0.538. The van der Waals surface area contributed by atoms with Crippen molar-refractivity contribution in [3.05, 3.63) is 29.8 Å². The van der Waals surface area contributed by atoms with Crippen LogP contribution in [0.3, 0.4) is 0 Å². The molecule has 0 bridgehead atoms. The molecule has 0 heterocycles. The first-order valence-corrected chi connectivity index (χ1v) is 7.98. The molecule has 0 aliphatic rings. The van der Waals surface area contributed by atoms with Crippen LogP contribution in [-0.4, -0.2) is 38.4 Å². The zero-order valence-electron chi connectivity index (χ0n) is 11.1. The van der Waals surface area contributed by atoms with E-state index in [2.05, 4.69) is 4.90 Å². The van der Waals surface area contributed by atoms with Gasteiger partial charge >= 0.3 is 0 Å². The molecule has 0 aliphatic heterocycles. The lowest BCUT2D eigenvalue weighted by Crippen LogP contribution is -2.22. The molecule has 1 aromatic carbocycles. The van der Waals surface area contributed by atoms with Crippen LogP contribution in [-0.2, 0) is 16.4 Å². The molecule has 5 heteroatoms. The van der Waals surface area contributed by atoms with E-state index in [-0.39, 0.29) is 11.5 Å². The van der Waals surface area contributed by atoms with Crippen molar-refractivity contribution < 1.29 is 8.42 Å². The maximum absolute atomic E-state index is 11.3. The first kappa shape index (κ1) is 15.0. The van der Waals surface area contributed by atoms with E-state index in [9.17, 15) is 8.42 Å². The van der Waals surface area contributed by atoms with Crippen molar-refractivity contribution in [1.82, 2.24) is 4.90 Å². The molecule has 0 radical (unpaired) electrons. The van der Waals surface area contributed by atoms with Crippen LogP contribution >= 0.6 is 0 Å². The number of nitrogens with two attached hydrogens (primary N) is 1. The Morgan fingerprint density at radius 3 is 2.39 bits per heavy atom. The van der Waals surface area contributed by atoms with Crippen molar-refractivity contribution in [3.8, 4) is 0 Å². The normalized spacial score (nSPS) is 11.9. The molecule has 0 aromatic heterocycles. The standard InChI is InChI=1S/C13H22N2O2S/c1-3-18(16,17)10-4-9-15(2)11-12-5-7-13(14)8-6-12/h5-8H,3-4,9-11,14H2,1-2H3. The molecule has 0 aliphatic carbocycles. The summed E-state index contributed by atoms with van der Waals surface area (Å²) in [6, 6.07) is 7.75. The van der Waals surface area contributed by atoms with Gasteiger partial charge in [-0.15, -0.1) is 0 Å². The number of anilines is 1. The summed E-state index contributed by atoms with van der Waals surface area (Å²) in [7, 11) is -0.842. The van der Waals surface area contributed by atoms with Gasteiger partial charge in [0, 0.05) is 18.0 Å². The smallest absolute Gasteiger partial charge is 0.150 e. The molecule has 2 N–H and O–H groups in total. The highest BCUT2D eigenvalue weighted by atomic mass is 32.2. The Kier molecular flexibility index (Phi) is 5.62. The third-order valence-electron chi connectivity index (χ3n) is 2.87. The van der Waals surface area contributed by atoms with Gasteiger partial charge in [-0.3, -0.25) is 0 Å². The fourth-order valence-electron chi connectivity index (χ4n) is 1.71. The Bertz CT molecular complexity index is 454. The zero-order chi connectivity index (χ0) is 13.6. The van der Waals surface area contributed by atoms with Crippen molar-refractivity contribution in [2.75, 3.05) is 30.8 Å². The topological polar surface area (TPSA) is 63.4 Å². The summed E-state index contributed by atoms with van der Waals surface area (Å²) in [5.41, 5.74) is 7.57. The van der Waals surface area contributed by atoms with E-state index in [0.717, 1.165) is 18.8 Å². The summed E-state index contributed by atoms with van der Waals surface area (Å²) in [4.78, 5) is 2.12. The number of nitrogen functional groups attached to an aromatic ring is 1. The van der Waals surface area contributed by atoms with Crippen LogP contribution in [0.15, 0.2) is 24.3 Å². The Labute approximate surface area is 110 Å². The third kappa shape index (κ3) is 5.51. The number of nitrogens with zero attached hydrogens (tertiary/aromatic N) is 1. The van der Waals surface area contributed by atoms with Crippen LogP contribution in [0, 0.1) is 0 Å². The lowest BCUT2D eigenvalue weighted by atomic mass is 10.2. The van der Waals surface area contributed by atoms with Gasteiger partial charge in [0.25, 0.3) is 0 Å². The minimum absolute atomic E-state index is 0.231. The van der Waals surface area contributed by atoms with Crippen LogP contribution < -0.4 is 5.73 Å². The van der Waals surface area contributed by atoms with Gasteiger partial charge in [-0.1, -0.05) is 19.1 Å². The zero-order valence-corrected chi connectivity index (χ0v) is 11.9. The SMILES string of the molecule is CCS(=O)(=O)CCCN(C)Cc1ccc(N)cc1. The number of hydrogen-bond donors (Lipinski definition) is 1. The van der Waals surface area contributed by atoms with Crippen molar-refractivity contribution in [1.29, 1.82) is 0 Å². The molecule has 18 heavy (non-hydrogen) atoms. The second-order valence-electron chi connectivity index (χ2n) is 4.57. The van der Waals surface area contributed by atoms with Gasteiger partial charge in [0.1, 0.15) is 9.84 Å². The average molecular weight is 270 g/mol. The molecular weight excluding hydrogens is 248 g/mol. The molecule has 0 atom stereocenters. The second kappa shape index (κ2) is 6.75. The van der Waals surface area contributed by atoms with Crippen molar-refractivity contribution in [2.24, 2.45) is 0 Å². The van der Waals surface area contributed by atoms with E-state index in [1.165, 1.54) is 5.56 Å². The molecule has 0 fully saturated rings. The molecule has 102 valence electrons. The number of hydrogen-bond acceptors (Lipinski definition) is 4. The largest absolute Gasteiger partial charge is 0.399 e. The monoisotopic (exact) mass is 270 g/mol.